The maximum atomic E-state index is 12.8. The molecule has 0 saturated carbocycles. The fourth-order valence-electron chi connectivity index (χ4n) is 3.69. The number of anilines is 1. The number of halogens is 4. The molecule has 0 spiro atoms. The molecule has 0 fully saturated rings. The van der Waals surface area contributed by atoms with Crippen LogP contribution in [0.3, 0.4) is 0 Å². The lowest BCUT2D eigenvalue weighted by Gasteiger charge is -2.14. The van der Waals surface area contributed by atoms with Gasteiger partial charge >= 0.3 is 0 Å². The lowest BCUT2D eigenvalue weighted by molar-refractivity contribution is -0.112. The first-order valence-corrected chi connectivity index (χ1v) is 13.6. The maximum absolute atomic E-state index is 12.8. The van der Waals surface area contributed by atoms with Gasteiger partial charge < -0.3 is 19.5 Å². The second kappa shape index (κ2) is 14.2. The Morgan fingerprint density at radius 2 is 1.63 bits per heavy atom. The fourth-order valence-corrected chi connectivity index (χ4v) is 4.64. The number of methoxy groups -OCH3 is 1. The van der Waals surface area contributed by atoms with Crippen LogP contribution >= 0.6 is 46.4 Å². The van der Waals surface area contributed by atoms with Gasteiger partial charge in [-0.15, -0.1) is 0 Å². The number of carbonyl (C=O) groups is 1. The molecular weight excluding hydrogens is 606 g/mol. The van der Waals surface area contributed by atoms with Crippen LogP contribution in [0.4, 0.5) is 5.69 Å². The van der Waals surface area contributed by atoms with Crippen molar-refractivity contribution in [3.8, 4) is 23.3 Å². The lowest BCUT2D eigenvalue weighted by atomic mass is 10.1. The first kappa shape index (κ1) is 30.1. The van der Waals surface area contributed by atoms with Crippen molar-refractivity contribution >= 4 is 64.1 Å². The van der Waals surface area contributed by atoms with Gasteiger partial charge in [0, 0.05) is 26.3 Å². The van der Waals surface area contributed by atoms with Crippen LogP contribution in [0.15, 0.2) is 84.4 Å². The molecule has 0 heterocycles. The Bertz CT molecular complexity index is 1630. The van der Waals surface area contributed by atoms with Crippen LogP contribution in [0.1, 0.15) is 16.7 Å². The van der Waals surface area contributed by atoms with Crippen LogP contribution in [0.2, 0.25) is 20.1 Å². The van der Waals surface area contributed by atoms with Crippen molar-refractivity contribution in [2.24, 2.45) is 0 Å². The minimum absolute atomic E-state index is 0.131. The van der Waals surface area contributed by atoms with E-state index in [0.717, 1.165) is 11.1 Å². The molecule has 41 heavy (non-hydrogen) atoms. The predicted octanol–water partition coefficient (Wildman–Crippen LogP) is 9.01. The third-order valence-electron chi connectivity index (χ3n) is 5.72. The van der Waals surface area contributed by atoms with E-state index in [2.05, 4.69) is 5.32 Å². The van der Waals surface area contributed by atoms with Crippen LogP contribution in [0.5, 0.6) is 17.2 Å². The summed E-state index contributed by atoms with van der Waals surface area (Å²) in [6.45, 7) is 0.468. The molecule has 0 unspecified atom stereocenters. The smallest absolute Gasteiger partial charge is 0.266 e. The largest absolute Gasteiger partial charge is 0.493 e. The van der Waals surface area contributed by atoms with Crippen molar-refractivity contribution in [1.82, 2.24) is 0 Å². The topological polar surface area (TPSA) is 80.6 Å². The van der Waals surface area contributed by atoms with Crippen molar-refractivity contribution in [2.45, 2.75) is 13.2 Å². The van der Waals surface area contributed by atoms with Crippen molar-refractivity contribution in [3.63, 3.8) is 0 Å². The van der Waals surface area contributed by atoms with E-state index in [0.29, 0.717) is 43.6 Å². The van der Waals surface area contributed by atoms with Gasteiger partial charge in [0.05, 0.1) is 12.1 Å². The highest BCUT2D eigenvalue weighted by molar-refractivity contribution is 6.35. The molecule has 0 aliphatic rings. The van der Waals surface area contributed by atoms with E-state index in [4.69, 9.17) is 60.6 Å². The van der Waals surface area contributed by atoms with E-state index in [1.54, 1.807) is 66.7 Å². The SMILES string of the molecule is COc1cc(/C=C(\C#N)C(=O)Nc2ccc(OCc3ccc(Cl)cc3Cl)cc2)cc(Cl)c1OCc1cccc(Cl)c1. The van der Waals surface area contributed by atoms with Crippen molar-refractivity contribution in [2.75, 3.05) is 12.4 Å². The van der Waals surface area contributed by atoms with Crippen molar-refractivity contribution in [1.29, 1.82) is 5.26 Å². The van der Waals surface area contributed by atoms with Crippen molar-refractivity contribution < 1.29 is 19.0 Å². The average Bonchev–Trinajstić information content (AvgIpc) is 2.95. The second-order valence-electron chi connectivity index (χ2n) is 8.63. The molecule has 4 aromatic rings. The minimum Gasteiger partial charge on any atom is -0.493 e. The third-order valence-corrected chi connectivity index (χ3v) is 6.82. The van der Waals surface area contributed by atoms with E-state index in [-0.39, 0.29) is 23.8 Å². The van der Waals surface area contributed by atoms with Crippen molar-refractivity contribution in [3.05, 3.63) is 121 Å². The summed E-state index contributed by atoms with van der Waals surface area (Å²) in [4.78, 5) is 12.8. The molecule has 0 aromatic heterocycles. The van der Waals surface area contributed by atoms with Gasteiger partial charge in [-0.25, -0.2) is 0 Å². The fraction of sp³-hybridized carbons (Fsp3) is 0.0968. The van der Waals surface area contributed by atoms with Crippen LogP contribution < -0.4 is 19.5 Å². The summed E-state index contributed by atoms with van der Waals surface area (Å²) >= 11 is 24.6. The summed E-state index contributed by atoms with van der Waals surface area (Å²) in [5, 5.41) is 14.3. The number of nitrogens with one attached hydrogen (secondary N) is 1. The Labute approximate surface area is 257 Å². The third kappa shape index (κ3) is 8.32. The van der Waals surface area contributed by atoms with Gasteiger partial charge in [0.15, 0.2) is 11.5 Å². The van der Waals surface area contributed by atoms with Gasteiger partial charge in [0.2, 0.25) is 0 Å². The Morgan fingerprint density at radius 1 is 0.878 bits per heavy atom. The normalized spacial score (nSPS) is 11.0. The second-order valence-corrected chi connectivity index (χ2v) is 10.3. The number of benzene rings is 4. The number of ether oxygens (including phenoxy) is 3. The summed E-state index contributed by atoms with van der Waals surface area (Å²) in [6, 6.07) is 24.3. The molecule has 4 rings (SSSR count). The Kier molecular flexibility index (Phi) is 10.4. The van der Waals surface area contributed by atoms with Gasteiger partial charge in [0.25, 0.3) is 5.91 Å². The van der Waals surface area contributed by atoms with Gasteiger partial charge in [-0.05, 0) is 77.9 Å². The highest BCUT2D eigenvalue weighted by atomic mass is 35.5. The molecule has 4 aromatic carbocycles. The van der Waals surface area contributed by atoms with Gasteiger partial charge in [-0.2, -0.15) is 5.26 Å². The zero-order chi connectivity index (χ0) is 29.4. The molecule has 1 amide bonds. The molecule has 1 N–H and O–H groups in total. The minimum atomic E-state index is -0.592. The summed E-state index contributed by atoms with van der Waals surface area (Å²) in [5.41, 5.74) is 2.48. The molecule has 0 radical (unpaired) electrons. The quantitative estimate of drug-likeness (QED) is 0.140. The Hall–Kier alpha value is -3.86. The number of hydrogen-bond acceptors (Lipinski definition) is 5. The number of hydrogen-bond donors (Lipinski definition) is 1. The highest BCUT2D eigenvalue weighted by Gasteiger charge is 2.15. The molecule has 10 heteroatoms. The monoisotopic (exact) mass is 626 g/mol. The number of rotatable bonds is 10. The van der Waals surface area contributed by atoms with Crippen LogP contribution in [0, 0.1) is 11.3 Å². The molecule has 208 valence electrons. The summed E-state index contributed by atoms with van der Waals surface area (Å²) < 4.78 is 17.1. The first-order valence-electron chi connectivity index (χ1n) is 12.1. The van der Waals surface area contributed by atoms with E-state index >= 15 is 0 Å². The predicted molar refractivity (Wildman–Crippen MR) is 163 cm³/mol. The van der Waals surface area contributed by atoms with Crippen LogP contribution in [-0.2, 0) is 18.0 Å². The van der Waals surface area contributed by atoms with E-state index in [1.165, 1.54) is 13.2 Å². The maximum Gasteiger partial charge on any atom is 0.266 e. The first-order chi connectivity index (χ1) is 19.7. The number of nitriles is 1. The van der Waals surface area contributed by atoms with Gasteiger partial charge in [-0.1, -0.05) is 64.6 Å². The molecule has 0 bridgehead atoms. The molecule has 0 aliphatic carbocycles. The highest BCUT2D eigenvalue weighted by Crippen LogP contribution is 2.37. The molecule has 0 saturated heterocycles. The van der Waals surface area contributed by atoms with Gasteiger partial charge in [-0.3, -0.25) is 4.79 Å². The van der Waals surface area contributed by atoms with Crippen LogP contribution in [0.25, 0.3) is 6.08 Å². The number of nitrogens with zero attached hydrogens (tertiary/aromatic N) is 1. The summed E-state index contributed by atoms with van der Waals surface area (Å²) in [5.74, 6) is 0.656. The number of carbonyl (C=O) groups excluding carboxylic acids is 1. The molecule has 6 nitrogen and oxygen atoms in total. The molecular formula is C31H22Cl4N2O4. The summed E-state index contributed by atoms with van der Waals surface area (Å²) in [6.07, 6.45) is 1.41. The summed E-state index contributed by atoms with van der Waals surface area (Å²) in [7, 11) is 1.47. The van der Waals surface area contributed by atoms with E-state index in [9.17, 15) is 10.1 Å². The van der Waals surface area contributed by atoms with E-state index < -0.39 is 5.91 Å². The number of amides is 1. The Balaban J connectivity index is 1.42. The average molecular weight is 628 g/mol. The van der Waals surface area contributed by atoms with E-state index in [1.807, 2.05) is 18.2 Å². The van der Waals surface area contributed by atoms with Crippen LogP contribution in [-0.4, -0.2) is 13.0 Å². The van der Waals surface area contributed by atoms with Gasteiger partial charge in [0.1, 0.15) is 30.6 Å². The molecule has 0 atom stereocenters. The Morgan fingerprint density at radius 3 is 2.32 bits per heavy atom. The zero-order valence-electron chi connectivity index (χ0n) is 21.6. The standard InChI is InChI=1S/C31H22Cl4N2O4/c1-39-29-14-20(13-28(35)30(29)41-17-19-3-2-4-23(32)12-19)11-22(16-36)31(38)37-25-7-9-26(10-8-25)40-18-21-5-6-24(33)15-27(21)34/h2-15H,17-18H2,1H3,(H,37,38)/b22-11+. The zero-order valence-corrected chi connectivity index (χ0v) is 24.6. The molecule has 0 aliphatic heterocycles. The lowest BCUT2D eigenvalue weighted by Crippen LogP contribution is -2.13.